The molecule has 0 atom stereocenters. The Kier molecular flexibility index (Phi) is 8.00. The maximum Gasteiger partial charge on any atom is 0.309 e. The van der Waals surface area contributed by atoms with Crippen LogP contribution in [0.4, 0.5) is 0 Å². The molecule has 1 aliphatic carbocycles. The Morgan fingerprint density at radius 1 is 1.04 bits per heavy atom. The van der Waals surface area contributed by atoms with Crippen molar-refractivity contribution in [1.29, 1.82) is 0 Å². The molecule has 6 heteroatoms. The maximum absolute atomic E-state index is 12.0. The summed E-state index contributed by atoms with van der Waals surface area (Å²) in [5, 5.41) is 3.73. The fourth-order valence-corrected chi connectivity index (χ4v) is 5.35. The van der Waals surface area contributed by atoms with Gasteiger partial charge < -0.3 is 15.0 Å². The number of nitrogens with zero attached hydrogens (tertiary/aromatic N) is 3. The summed E-state index contributed by atoms with van der Waals surface area (Å²) in [6, 6.07) is 0. The third-order valence-corrected chi connectivity index (χ3v) is 7.01. The zero-order valence-electron chi connectivity index (χ0n) is 18.0. The van der Waals surface area contributed by atoms with Crippen LogP contribution in [-0.2, 0) is 9.53 Å². The second kappa shape index (κ2) is 10.5. The van der Waals surface area contributed by atoms with Gasteiger partial charge in [-0.15, -0.1) is 0 Å². The summed E-state index contributed by atoms with van der Waals surface area (Å²) in [5.41, 5.74) is 0.303. The van der Waals surface area contributed by atoms with Gasteiger partial charge in [0.1, 0.15) is 0 Å². The zero-order chi connectivity index (χ0) is 19.8. The Hall–Kier alpha value is -1.30. The summed E-state index contributed by atoms with van der Waals surface area (Å²) >= 11 is 0. The van der Waals surface area contributed by atoms with Gasteiger partial charge in [-0.2, -0.15) is 0 Å². The van der Waals surface area contributed by atoms with E-state index in [2.05, 4.69) is 20.1 Å². The number of piperidine rings is 2. The van der Waals surface area contributed by atoms with Gasteiger partial charge in [0.2, 0.25) is 0 Å². The van der Waals surface area contributed by atoms with Gasteiger partial charge in [-0.1, -0.05) is 25.7 Å². The van der Waals surface area contributed by atoms with E-state index in [0.717, 1.165) is 38.4 Å². The average molecular weight is 393 g/mol. The lowest BCUT2D eigenvalue weighted by atomic mass is 9.79. The van der Waals surface area contributed by atoms with Crippen molar-refractivity contribution < 1.29 is 9.53 Å². The van der Waals surface area contributed by atoms with Crippen LogP contribution in [0.2, 0.25) is 0 Å². The molecule has 0 spiro atoms. The molecule has 0 unspecified atom stereocenters. The fourth-order valence-electron chi connectivity index (χ4n) is 5.35. The quantitative estimate of drug-likeness (QED) is 0.443. The van der Waals surface area contributed by atoms with Crippen molar-refractivity contribution in [2.75, 3.05) is 46.4 Å². The lowest BCUT2D eigenvalue weighted by Gasteiger charge is -2.49. The third-order valence-electron chi connectivity index (χ3n) is 7.01. The van der Waals surface area contributed by atoms with Crippen molar-refractivity contribution in [2.45, 2.75) is 76.7 Å². The van der Waals surface area contributed by atoms with Crippen molar-refractivity contribution in [2.24, 2.45) is 10.9 Å². The Morgan fingerprint density at radius 2 is 1.68 bits per heavy atom. The smallest absolute Gasteiger partial charge is 0.309 e. The molecule has 0 aromatic carbocycles. The number of rotatable bonds is 5. The molecular weight excluding hydrogens is 352 g/mol. The number of carbonyl (C=O) groups is 1. The Bertz CT molecular complexity index is 517. The molecule has 6 nitrogen and oxygen atoms in total. The van der Waals surface area contributed by atoms with Gasteiger partial charge in [-0.3, -0.25) is 14.7 Å². The SMILES string of the molecule is CCOC(=O)C1CCN(C(=NC)NCC2(N3CCCCC3)CCCCC2)CC1. The minimum absolute atomic E-state index is 0.0312. The second-order valence-corrected chi connectivity index (χ2v) is 8.75. The molecule has 2 aliphatic heterocycles. The second-order valence-electron chi connectivity index (χ2n) is 8.75. The highest BCUT2D eigenvalue weighted by molar-refractivity contribution is 5.80. The highest BCUT2D eigenvalue weighted by Gasteiger charge is 2.39. The van der Waals surface area contributed by atoms with E-state index in [0.29, 0.717) is 12.1 Å². The van der Waals surface area contributed by atoms with Crippen LogP contribution in [0.15, 0.2) is 4.99 Å². The summed E-state index contributed by atoms with van der Waals surface area (Å²) in [6.45, 7) is 7.61. The van der Waals surface area contributed by atoms with Gasteiger partial charge in [0.15, 0.2) is 5.96 Å². The molecule has 1 saturated carbocycles. The van der Waals surface area contributed by atoms with E-state index in [-0.39, 0.29) is 11.9 Å². The first-order valence-corrected chi connectivity index (χ1v) is 11.6. The zero-order valence-corrected chi connectivity index (χ0v) is 18.0. The lowest BCUT2D eigenvalue weighted by molar-refractivity contribution is -0.149. The van der Waals surface area contributed by atoms with Crippen LogP contribution in [0, 0.1) is 5.92 Å². The molecule has 0 radical (unpaired) electrons. The van der Waals surface area contributed by atoms with E-state index in [4.69, 9.17) is 4.74 Å². The van der Waals surface area contributed by atoms with E-state index in [1.165, 1.54) is 64.5 Å². The van der Waals surface area contributed by atoms with Crippen LogP contribution in [-0.4, -0.2) is 73.6 Å². The van der Waals surface area contributed by atoms with Crippen LogP contribution >= 0.6 is 0 Å². The first-order valence-electron chi connectivity index (χ1n) is 11.6. The molecule has 160 valence electrons. The molecule has 2 saturated heterocycles. The summed E-state index contributed by atoms with van der Waals surface area (Å²) in [4.78, 5) is 21.7. The molecule has 3 aliphatic rings. The number of likely N-dealkylation sites (tertiary alicyclic amines) is 2. The van der Waals surface area contributed by atoms with Gasteiger partial charge in [-0.25, -0.2) is 0 Å². The minimum atomic E-state index is -0.0312. The maximum atomic E-state index is 12.0. The van der Waals surface area contributed by atoms with Crippen molar-refractivity contribution in [3.05, 3.63) is 0 Å². The molecule has 3 rings (SSSR count). The number of ether oxygens (including phenoxy) is 1. The first kappa shape index (κ1) is 21.4. The largest absolute Gasteiger partial charge is 0.466 e. The van der Waals surface area contributed by atoms with Gasteiger partial charge in [0.25, 0.3) is 0 Å². The predicted octanol–water partition coefficient (Wildman–Crippen LogP) is 3.03. The predicted molar refractivity (Wildman–Crippen MR) is 114 cm³/mol. The molecular formula is C22H40N4O2. The number of hydrogen-bond donors (Lipinski definition) is 1. The molecule has 2 heterocycles. The third kappa shape index (κ3) is 5.19. The molecule has 0 bridgehead atoms. The van der Waals surface area contributed by atoms with Gasteiger partial charge in [0, 0.05) is 32.2 Å². The fraction of sp³-hybridized carbons (Fsp3) is 0.909. The van der Waals surface area contributed by atoms with Crippen LogP contribution < -0.4 is 5.32 Å². The van der Waals surface area contributed by atoms with Crippen molar-refractivity contribution in [3.63, 3.8) is 0 Å². The van der Waals surface area contributed by atoms with Gasteiger partial charge >= 0.3 is 5.97 Å². The monoisotopic (exact) mass is 392 g/mol. The normalized spacial score (nSPS) is 24.8. The highest BCUT2D eigenvalue weighted by Crippen LogP contribution is 2.35. The average Bonchev–Trinajstić information content (AvgIpc) is 2.76. The van der Waals surface area contributed by atoms with Crippen LogP contribution in [0.5, 0.6) is 0 Å². The van der Waals surface area contributed by atoms with Gasteiger partial charge in [0.05, 0.1) is 12.5 Å². The van der Waals surface area contributed by atoms with Gasteiger partial charge in [-0.05, 0) is 58.5 Å². The van der Waals surface area contributed by atoms with E-state index in [9.17, 15) is 4.79 Å². The molecule has 1 N–H and O–H groups in total. The Balaban J connectivity index is 1.55. The number of guanidine groups is 1. The summed E-state index contributed by atoms with van der Waals surface area (Å²) < 4.78 is 5.20. The molecule has 3 fully saturated rings. The summed E-state index contributed by atoms with van der Waals surface area (Å²) in [6.07, 6.45) is 12.5. The van der Waals surface area contributed by atoms with Crippen molar-refractivity contribution in [1.82, 2.24) is 15.1 Å². The molecule has 28 heavy (non-hydrogen) atoms. The highest BCUT2D eigenvalue weighted by atomic mass is 16.5. The number of nitrogens with one attached hydrogen (secondary N) is 1. The number of esters is 1. The first-order chi connectivity index (χ1) is 13.7. The number of carbonyl (C=O) groups excluding carboxylic acids is 1. The van der Waals surface area contributed by atoms with Crippen LogP contribution in [0.1, 0.15) is 71.1 Å². The Labute approximate surface area is 171 Å². The molecule has 0 amide bonds. The topological polar surface area (TPSA) is 57.2 Å². The minimum Gasteiger partial charge on any atom is -0.466 e. The van der Waals surface area contributed by atoms with E-state index in [1.807, 2.05) is 14.0 Å². The lowest BCUT2D eigenvalue weighted by Crippen LogP contribution is -2.59. The summed E-state index contributed by atoms with van der Waals surface area (Å²) in [7, 11) is 1.88. The van der Waals surface area contributed by atoms with Crippen molar-refractivity contribution in [3.8, 4) is 0 Å². The van der Waals surface area contributed by atoms with E-state index in [1.54, 1.807) is 0 Å². The summed E-state index contributed by atoms with van der Waals surface area (Å²) in [5.74, 6) is 1.02. The Morgan fingerprint density at radius 3 is 2.29 bits per heavy atom. The van der Waals surface area contributed by atoms with Crippen molar-refractivity contribution >= 4 is 11.9 Å². The molecule has 0 aromatic heterocycles. The van der Waals surface area contributed by atoms with Crippen LogP contribution in [0.25, 0.3) is 0 Å². The number of hydrogen-bond acceptors (Lipinski definition) is 4. The van der Waals surface area contributed by atoms with E-state index >= 15 is 0 Å². The number of aliphatic imine (C=N–C) groups is 1. The standard InChI is InChI=1S/C22H40N4O2/c1-3-28-20(27)19-10-16-25(17-11-19)21(23-2)24-18-22(12-6-4-7-13-22)26-14-8-5-9-15-26/h19H,3-18H2,1-2H3,(H,23,24). The van der Waals surface area contributed by atoms with Crippen LogP contribution in [0.3, 0.4) is 0 Å². The molecule has 0 aromatic rings. The van der Waals surface area contributed by atoms with E-state index < -0.39 is 0 Å².